The van der Waals surface area contributed by atoms with E-state index in [0.717, 1.165) is 12.1 Å². The molecule has 7 heteroatoms. The molecular formula is C22H23F5N2. The fourth-order valence-corrected chi connectivity index (χ4v) is 3.73. The first kappa shape index (κ1) is 21.3. The fourth-order valence-electron chi connectivity index (χ4n) is 3.73. The lowest BCUT2D eigenvalue weighted by atomic mass is 9.85. The second-order valence-corrected chi connectivity index (χ2v) is 8.35. The van der Waals surface area contributed by atoms with Crippen LogP contribution in [0.15, 0.2) is 36.4 Å². The number of fused-ring (bicyclic) bond motifs is 1. The van der Waals surface area contributed by atoms with Crippen molar-refractivity contribution in [2.45, 2.75) is 39.9 Å². The number of rotatable bonds is 4. The molecule has 0 radical (unpaired) electrons. The first-order chi connectivity index (χ1) is 13.4. The van der Waals surface area contributed by atoms with Gasteiger partial charge in [-0.1, -0.05) is 20.8 Å². The highest BCUT2D eigenvalue weighted by molar-refractivity contribution is 5.92. The van der Waals surface area contributed by atoms with E-state index in [2.05, 4.69) is 0 Å². The summed E-state index contributed by atoms with van der Waals surface area (Å²) in [4.78, 5) is 0. The molecule has 0 bridgehead atoms. The smallest absolute Gasteiger partial charge is 0.339 e. The van der Waals surface area contributed by atoms with Crippen LogP contribution in [0.1, 0.15) is 31.9 Å². The molecule has 1 aromatic heterocycles. The summed E-state index contributed by atoms with van der Waals surface area (Å²) in [5.74, 6) is -1.46. The Balaban J connectivity index is 2.46. The van der Waals surface area contributed by atoms with Gasteiger partial charge in [-0.3, -0.25) is 0 Å². The van der Waals surface area contributed by atoms with Crippen LogP contribution in [-0.4, -0.2) is 11.1 Å². The van der Waals surface area contributed by atoms with Crippen LogP contribution >= 0.6 is 0 Å². The lowest BCUT2D eigenvalue weighted by molar-refractivity contribution is -0.137. The Morgan fingerprint density at radius 3 is 2.14 bits per heavy atom. The van der Waals surface area contributed by atoms with Crippen molar-refractivity contribution in [1.29, 1.82) is 0 Å². The number of aromatic nitrogens is 1. The van der Waals surface area contributed by atoms with E-state index in [1.54, 1.807) is 10.6 Å². The van der Waals surface area contributed by atoms with Crippen molar-refractivity contribution in [2.75, 3.05) is 6.54 Å². The molecule has 0 atom stereocenters. The zero-order valence-electron chi connectivity index (χ0n) is 16.5. The van der Waals surface area contributed by atoms with E-state index >= 15 is 0 Å². The van der Waals surface area contributed by atoms with Crippen LogP contribution in [-0.2, 0) is 19.1 Å². The summed E-state index contributed by atoms with van der Waals surface area (Å²) in [6.07, 6.45) is -4.29. The van der Waals surface area contributed by atoms with Gasteiger partial charge in [0.05, 0.1) is 16.8 Å². The lowest BCUT2D eigenvalue weighted by Crippen LogP contribution is -2.15. The van der Waals surface area contributed by atoms with Gasteiger partial charge in [-0.2, -0.15) is 13.2 Å². The average molecular weight is 410 g/mol. The molecule has 0 aliphatic heterocycles. The third-order valence-electron chi connectivity index (χ3n) is 4.73. The highest BCUT2D eigenvalue weighted by Gasteiger charge is 2.36. The van der Waals surface area contributed by atoms with Crippen LogP contribution in [0.3, 0.4) is 0 Å². The van der Waals surface area contributed by atoms with Crippen molar-refractivity contribution in [3.8, 4) is 11.3 Å². The Morgan fingerprint density at radius 1 is 0.931 bits per heavy atom. The maximum Gasteiger partial charge on any atom is 0.417 e. The van der Waals surface area contributed by atoms with Gasteiger partial charge in [-0.25, -0.2) is 8.78 Å². The fraction of sp³-hybridized carbons (Fsp3) is 0.364. The summed E-state index contributed by atoms with van der Waals surface area (Å²) >= 11 is 0. The second kappa shape index (κ2) is 7.44. The molecule has 156 valence electrons. The number of benzene rings is 2. The maximum atomic E-state index is 14.0. The van der Waals surface area contributed by atoms with Gasteiger partial charge in [-0.15, -0.1) is 0 Å². The molecular weight excluding hydrogens is 387 g/mol. The quantitative estimate of drug-likeness (QED) is 0.514. The molecule has 3 rings (SSSR count). The van der Waals surface area contributed by atoms with Crippen molar-refractivity contribution in [1.82, 2.24) is 4.57 Å². The van der Waals surface area contributed by atoms with E-state index in [1.165, 1.54) is 12.1 Å². The van der Waals surface area contributed by atoms with E-state index in [0.29, 0.717) is 34.6 Å². The van der Waals surface area contributed by atoms with Crippen molar-refractivity contribution in [3.05, 3.63) is 59.2 Å². The minimum absolute atomic E-state index is 0.136. The summed E-state index contributed by atoms with van der Waals surface area (Å²) in [5.41, 5.74) is 5.72. The molecule has 0 unspecified atom stereocenters. The largest absolute Gasteiger partial charge is 0.417 e. The number of nitrogens with zero attached hydrogens (tertiary/aromatic N) is 1. The third-order valence-corrected chi connectivity index (χ3v) is 4.73. The molecule has 0 saturated heterocycles. The summed E-state index contributed by atoms with van der Waals surface area (Å²) in [5, 5.41) is 0.669. The minimum atomic E-state index is -4.74. The predicted octanol–water partition coefficient (Wildman–Crippen LogP) is 6.15. The summed E-state index contributed by atoms with van der Waals surface area (Å²) in [6.45, 7) is 6.28. The first-order valence-corrected chi connectivity index (χ1v) is 9.30. The number of alkyl halides is 3. The van der Waals surface area contributed by atoms with Crippen LogP contribution in [0.2, 0.25) is 0 Å². The Hall–Kier alpha value is -2.41. The standard InChI is InChI=1S/C22H23F5N2/c1-21(2,3)12-17-15-6-4-14(24)11-19(15)29(9-8-28)20(17)16-7-5-13(23)10-18(16)22(25,26)27/h4-7,10-11H,8-9,12,28H2,1-3H3. The SMILES string of the molecule is CC(C)(C)Cc1c(-c2ccc(F)cc2C(F)(F)F)n(CCN)c2cc(F)ccc12. The first-order valence-electron chi connectivity index (χ1n) is 9.30. The summed E-state index contributed by atoms with van der Waals surface area (Å²) in [6, 6.07) is 6.83. The molecule has 2 nitrogen and oxygen atoms in total. The van der Waals surface area contributed by atoms with E-state index in [-0.39, 0.29) is 24.1 Å². The minimum Gasteiger partial charge on any atom is -0.339 e. The Morgan fingerprint density at radius 2 is 1.55 bits per heavy atom. The average Bonchev–Trinajstić information content (AvgIpc) is 2.86. The van der Waals surface area contributed by atoms with Gasteiger partial charge in [0.2, 0.25) is 0 Å². The van der Waals surface area contributed by atoms with Crippen molar-refractivity contribution in [3.63, 3.8) is 0 Å². The molecule has 0 amide bonds. The topological polar surface area (TPSA) is 30.9 Å². The van der Waals surface area contributed by atoms with Gasteiger partial charge in [-0.05, 0) is 53.8 Å². The van der Waals surface area contributed by atoms with Crippen LogP contribution < -0.4 is 5.73 Å². The molecule has 0 aliphatic carbocycles. The molecule has 0 fully saturated rings. The monoisotopic (exact) mass is 410 g/mol. The highest BCUT2D eigenvalue weighted by Crippen LogP contribution is 2.43. The van der Waals surface area contributed by atoms with E-state index in [1.807, 2.05) is 20.8 Å². The van der Waals surface area contributed by atoms with Crippen LogP contribution in [0.25, 0.3) is 22.2 Å². The summed E-state index contributed by atoms with van der Waals surface area (Å²) < 4.78 is 70.6. The summed E-state index contributed by atoms with van der Waals surface area (Å²) in [7, 11) is 0. The zero-order chi connectivity index (χ0) is 21.6. The number of hydrogen-bond acceptors (Lipinski definition) is 1. The molecule has 2 N–H and O–H groups in total. The van der Waals surface area contributed by atoms with E-state index < -0.39 is 23.4 Å². The normalized spacial score (nSPS) is 12.7. The number of halogens is 5. The zero-order valence-corrected chi connectivity index (χ0v) is 16.5. The van der Waals surface area contributed by atoms with Crippen molar-refractivity contribution >= 4 is 10.9 Å². The molecule has 0 spiro atoms. The molecule has 2 aromatic carbocycles. The van der Waals surface area contributed by atoms with Crippen molar-refractivity contribution in [2.24, 2.45) is 11.1 Å². The van der Waals surface area contributed by atoms with Gasteiger partial charge in [0.25, 0.3) is 0 Å². The molecule has 1 heterocycles. The molecule has 3 aromatic rings. The third kappa shape index (κ3) is 4.29. The number of hydrogen-bond donors (Lipinski definition) is 1. The van der Waals surface area contributed by atoms with Crippen LogP contribution in [0.4, 0.5) is 22.0 Å². The lowest BCUT2D eigenvalue weighted by Gasteiger charge is -2.21. The second-order valence-electron chi connectivity index (χ2n) is 8.35. The van der Waals surface area contributed by atoms with E-state index in [9.17, 15) is 22.0 Å². The van der Waals surface area contributed by atoms with Gasteiger partial charge < -0.3 is 10.3 Å². The molecule has 0 saturated carbocycles. The van der Waals surface area contributed by atoms with Crippen molar-refractivity contribution < 1.29 is 22.0 Å². The van der Waals surface area contributed by atoms with Crippen LogP contribution in [0, 0.1) is 17.0 Å². The van der Waals surface area contributed by atoms with Crippen LogP contribution in [0.5, 0.6) is 0 Å². The molecule has 29 heavy (non-hydrogen) atoms. The Bertz CT molecular complexity index is 1040. The molecule has 0 aliphatic rings. The Kier molecular flexibility index (Phi) is 5.47. The van der Waals surface area contributed by atoms with E-state index in [4.69, 9.17) is 5.73 Å². The van der Waals surface area contributed by atoms with Gasteiger partial charge in [0.1, 0.15) is 11.6 Å². The Labute approximate surface area is 166 Å². The predicted molar refractivity (Wildman–Crippen MR) is 105 cm³/mol. The van der Waals surface area contributed by atoms with Gasteiger partial charge >= 0.3 is 6.18 Å². The number of nitrogens with two attached hydrogens (primary N) is 1. The maximum absolute atomic E-state index is 14.0. The van der Waals surface area contributed by atoms with Gasteiger partial charge in [0.15, 0.2) is 0 Å². The highest BCUT2D eigenvalue weighted by atomic mass is 19.4. The van der Waals surface area contributed by atoms with Gasteiger partial charge in [0, 0.05) is 24.0 Å².